The van der Waals surface area contributed by atoms with Crippen molar-refractivity contribution in [2.75, 3.05) is 18.4 Å². The van der Waals surface area contributed by atoms with E-state index in [1.807, 2.05) is 16.7 Å². The van der Waals surface area contributed by atoms with Crippen LogP contribution >= 0.6 is 0 Å². The number of nitrogens with zero attached hydrogens (tertiary/aromatic N) is 5. The number of halogens is 1. The molecule has 1 aliphatic rings. The van der Waals surface area contributed by atoms with Crippen LogP contribution in [0.4, 0.5) is 10.3 Å². The van der Waals surface area contributed by atoms with Gasteiger partial charge in [0.2, 0.25) is 11.9 Å². The summed E-state index contributed by atoms with van der Waals surface area (Å²) in [6.45, 7) is 6.73. The monoisotopic (exact) mass is 504 g/mol. The molecule has 4 aromatic rings. The van der Waals surface area contributed by atoms with Crippen LogP contribution in [0, 0.1) is 5.82 Å². The van der Waals surface area contributed by atoms with E-state index in [9.17, 15) is 19.1 Å². The first-order valence-corrected chi connectivity index (χ1v) is 12.4. The molecule has 10 heteroatoms. The normalized spacial score (nSPS) is 17.1. The molecule has 0 saturated carbocycles. The molecule has 2 N–H and O–H groups in total. The van der Waals surface area contributed by atoms with Gasteiger partial charge in [0, 0.05) is 24.0 Å². The summed E-state index contributed by atoms with van der Waals surface area (Å²) in [5.41, 5.74) is 2.44. The lowest BCUT2D eigenvalue weighted by atomic mass is 10.1. The zero-order valence-electron chi connectivity index (χ0n) is 20.6. The lowest BCUT2D eigenvalue weighted by molar-refractivity contribution is -0.126. The number of nitrogens with one attached hydrogen (secondary N) is 1. The molecule has 9 nitrogen and oxygen atoms in total. The average molecular weight is 505 g/mol. The van der Waals surface area contributed by atoms with E-state index in [1.54, 1.807) is 28.8 Å². The Labute approximate surface area is 213 Å². The van der Waals surface area contributed by atoms with Gasteiger partial charge < -0.3 is 14.6 Å². The number of rotatable bonds is 6. The average Bonchev–Trinajstić information content (AvgIpc) is 3.34. The van der Waals surface area contributed by atoms with Crippen LogP contribution in [-0.2, 0) is 11.3 Å². The van der Waals surface area contributed by atoms with Crippen LogP contribution in [0.2, 0.25) is 0 Å². The molecule has 1 aliphatic heterocycles. The number of likely N-dealkylation sites (tertiary alicyclic amines) is 1. The number of hydrogen-bond acceptors (Lipinski definition) is 5. The third kappa shape index (κ3) is 4.84. The standard InChI is InChI=1S/C27H29FN6O3/c1-3-24(36)32-12-5-4-9-20(16-32)34-25-21-14-29-33(15-17(2)35)23(21)11-10-22(25)30-27(34)31-26(37)18-7-6-8-19(28)13-18/h3,6-8,10-11,13-14,17,20,35H,1,4-5,9,12,15-16H2,2H3,(H,30,31,37)/t17-,20?/m1/s1. The largest absolute Gasteiger partial charge is 0.391 e. The highest BCUT2D eigenvalue weighted by molar-refractivity contribution is 6.07. The molecule has 2 amide bonds. The van der Waals surface area contributed by atoms with Gasteiger partial charge in [-0.2, -0.15) is 5.10 Å². The van der Waals surface area contributed by atoms with E-state index in [0.717, 1.165) is 35.7 Å². The Kier molecular flexibility index (Phi) is 6.75. The zero-order valence-corrected chi connectivity index (χ0v) is 20.6. The predicted octanol–water partition coefficient (Wildman–Crippen LogP) is 3.90. The van der Waals surface area contributed by atoms with Gasteiger partial charge in [0.25, 0.3) is 5.91 Å². The van der Waals surface area contributed by atoms with E-state index in [1.165, 1.54) is 24.3 Å². The van der Waals surface area contributed by atoms with Crippen molar-refractivity contribution in [1.82, 2.24) is 24.2 Å². The molecule has 2 aromatic carbocycles. The number of benzene rings is 2. The van der Waals surface area contributed by atoms with Crippen molar-refractivity contribution in [3.05, 3.63) is 66.6 Å². The fraction of sp³-hybridized carbons (Fsp3) is 0.333. The number of aliphatic hydroxyl groups is 1. The van der Waals surface area contributed by atoms with E-state index >= 15 is 0 Å². The van der Waals surface area contributed by atoms with Crippen molar-refractivity contribution >= 4 is 39.7 Å². The van der Waals surface area contributed by atoms with Crippen LogP contribution in [0.15, 0.2) is 55.3 Å². The van der Waals surface area contributed by atoms with Gasteiger partial charge in [-0.3, -0.25) is 19.6 Å². The Morgan fingerprint density at radius 2 is 2.14 bits per heavy atom. The molecule has 0 aliphatic carbocycles. The van der Waals surface area contributed by atoms with Crippen molar-refractivity contribution in [2.24, 2.45) is 0 Å². The highest BCUT2D eigenvalue weighted by Crippen LogP contribution is 2.34. The lowest BCUT2D eigenvalue weighted by Gasteiger charge is -2.26. The molecule has 0 radical (unpaired) electrons. The first-order valence-electron chi connectivity index (χ1n) is 12.4. The maximum absolute atomic E-state index is 13.8. The summed E-state index contributed by atoms with van der Waals surface area (Å²) in [6, 6.07) is 9.06. The van der Waals surface area contributed by atoms with Gasteiger partial charge in [-0.15, -0.1) is 0 Å². The predicted molar refractivity (Wildman–Crippen MR) is 139 cm³/mol. The molecule has 0 bridgehead atoms. The molecule has 0 spiro atoms. The number of hydrogen-bond donors (Lipinski definition) is 2. The molecule has 2 atom stereocenters. The third-order valence-electron chi connectivity index (χ3n) is 6.72. The van der Waals surface area contributed by atoms with Crippen molar-refractivity contribution in [2.45, 2.75) is 44.9 Å². The molecular formula is C27H29FN6O3. The summed E-state index contributed by atoms with van der Waals surface area (Å²) in [5, 5.41) is 18.1. The van der Waals surface area contributed by atoms with Crippen LogP contribution < -0.4 is 5.32 Å². The Balaban J connectivity index is 1.66. The molecular weight excluding hydrogens is 475 g/mol. The summed E-state index contributed by atoms with van der Waals surface area (Å²) in [4.78, 5) is 32.2. The van der Waals surface area contributed by atoms with E-state index in [-0.39, 0.29) is 17.5 Å². The fourth-order valence-corrected chi connectivity index (χ4v) is 5.05. The molecule has 1 unspecified atom stereocenters. The Hall–Kier alpha value is -4.05. The maximum Gasteiger partial charge on any atom is 0.258 e. The number of fused-ring (bicyclic) bond motifs is 3. The summed E-state index contributed by atoms with van der Waals surface area (Å²) in [6.07, 6.45) is 4.99. The smallest absolute Gasteiger partial charge is 0.258 e. The Morgan fingerprint density at radius 1 is 1.30 bits per heavy atom. The van der Waals surface area contributed by atoms with Gasteiger partial charge >= 0.3 is 0 Å². The van der Waals surface area contributed by atoms with Crippen molar-refractivity contribution < 1.29 is 19.1 Å². The zero-order chi connectivity index (χ0) is 26.1. The second-order valence-corrected chi connectivity index (χ2v) is 9.45. The molecule has 3 heterocycles. The van der Waals surface area contributed by atoms with Crippen molar-refractivity contribution in [3.63, 3.8) is 0 Å². The summed E-state index contributed by atoms with van der Waals surface area (Å²) in [5.74, 6) is -0.810. The summed E-state index contributed by atoms with van der Waals surface area (Å²) < 4.78 is 17.5. The number of amides is 2. The minimum atomic E-state index is -0.579. The van der Waals surface area contributed by atoms with Gasteiger partial charge in [-0.25, -0.2) is 9.37 Å². The van der Waals surface area contributed by atoms with E-state index in [4.69, 9.17) is 4.98 Å². The first kappa shape index (κ1) is 24.6. The Morgan fingerprint density at radius 3 is 2.89 bits per heavy atom. The highest BCUT2D eigenvalue weighted by Gasteiger charge is 2.28. The minimum Gasteiger partial charge on any atom is -0.391 e. The summed E-state index contributed by atoms with van der Waals surface area (Å²) in [7, 11) is 0. The number of carbonyl (C=O) groups is 2. The number of aliphatic hydroxyl groups excluding tert-OH is 1. The van der Waals surface area contributed by atoms with Crippen LogP contribution in [0.1, 0.15) is 42.6 Å². The van der Waals surface area contributed by atoms with Gasteiger partial charge in [-0.1, -0.05) is 12.6 Å². The molecule has 2 aromatic heterocycles. The molecule has 5 rings (SSSR count). The van der Waals surface area contributed by atoms with Crippen LogP contribution in [0.3, 0.4) is 0 Å². The molecule has 37 heavy (non-hydrogen) atoms. The highest BCUT2D eigenvalue weighted by atomic mass is 19.1. The summed E-state index contributed by atoms with van der Waals surface area (Å²) >= 11 is 0. The topological polar surface area (TPSA) is 105 Å². The van der Waals surface area contributed by atoms with Gasteiger partial charge in [-0.05, 0) is 62.6 Å². The van der Waals surface area contributed by atoms with E-state index in [0.29, 0.717) is 31.1 Å². The number of carbonyl (C=O) groups excluding carboxylic acids is 2. The van der Waals surface area contributed by atoms with Crippen LogP contribution in [0.5, 0.6) is 0 Å². The van der Waals surface area contributed by atoms with Crippen LogP contribution in [-0.4, -0.2) is 60.3 Å². The quantitative estimate of drug-likeness (QED) is 0.388. The van der Waals surface area contributed by atoms with E-state index in [2.05, 4.69) is 17.0 Å². The van der Waals surface area contributed by atoms with Crippen molar-refractivity contribution in [1.29, 1.82) is 0 Å². The van der Waals surface area contributed by atoms with Gasteiger partial charge in [0.1, 0.15) is 5.82 Å². The lowest BCUT2D eigenvalue weighted by Crippen LogP contribution is -2.34. The van der Waals surface area contributed by atoms with Gasteiger partial charge in [0.05, 0.1) is 41.4 Å². The molecule has 1 saturated heterocycles. The molecule has 1 fully saturated rings. The number of anilines is 1. The maximum atomic E-state index is 13.8. The second kappa shape index (κ2) is 10.1. The Bertz CT molecular complexity index is 1490. The SMILES string of the molecule is C=CC(=O)N1CCCCC(n2c(NC(=O)c3cccc(F)c3)nc3ccc4c(cnn4C[C@@H](C)O)c32)C1. The second-order valence-electron chi connectivity index (χ2n) is 9.45. The number of imidazole rings is 1. The molecule has 192 valence electrons. The number of aromatic nitrogens is 4. The minimum absolute atomic E-state index is 0.142. The van der Waals surface area contributed by atoms with Crippen molar-refractivity contribution in [3.8, 4) is 0 Å². The van der Waals surface area contributed by atoms with E-state index < -0.39 is 17.8 Å². The first-order chi connectivity index (χ1) is 17.9. The van der Waals surface area contributed by atoms with Gasteiger partial charge in [0.15, 0.2) is 0 Å². The third-order valence-corrected chi connectivity index (χ3v) is 6.72. The van der Waals surface area contributed by atoms with Crippen LogP contribution in [0.25, 0.3) is 21.9 Å². The fourth-order valence-electron chi connectivity index (χ4n) is 5.05.